The largest absolute Gasteiger partial charge is 0.462 e. The van der Waals surface area contributed by atoms with Gasteiger partial charge in [0.2, 0.25) is 0 Å². The Balaban J connectivity index is 1.51. The van der Waals surface area contributed by atoms with Crippen molar-refractivity contribution in [2.45, 2.75) is 85.2 Å². The van der Waals surface area contributed by atoms with Crippen LogP contribution in [0.25, 0.3) is 0 Å². The van der Waals surface area contributed by atoms with Crippen molar-refractivity contribution in [3.8, 4) is 0 Å². The molecule has 7 atom stereocenters. The standard InChI is InChI=1S/C25H36O5/c1-15(26)29-14-23(28)22-8-7-20-19-6-5-17-13-18(30-16(2)27)9-11-24(17,3)21(19)10-12-25(20,22)4/h5,18-22H,6-14H2,1-4H3/t18-,19?,20?,21?,22?,24-,25-/m0/s1. The summed E-state index contributed by atoms with van der Waals surface area (Å²) < 4.78 is 10.6. The van der Waals surface area contributed by atoms with Gasteiger partial charge in [0.15, 0.2) is 5.78 Å². The van der Waals surface area contributed by atoms with E-state index in [0.717, 1.165) is 51.4 Å². The highest BCUT2D eigenvalue weighted by Crippen LogP contribution is 2.66. The summed E-state index contributed by atoms with van der Waals surface area (Å²) in [5.74, 6) is 1.39. The van der Waals surface area contributed by atoms with Crippen molar-refractivity contribution in [3.63, 3.8) is 0 Å². The predicted octanol–water partition coefficient (Wildman–Crippen LogP) is 4.63. The van der Waals surface area contributed by atoms with Gasteiger partial charge in [0.1, 0.15) is 12.7 Å². The minimum atomic E-state index is -0.381. The number of ether oxygens (including phenoxy) is 2. The molecule has 0 amide bonds. The van der Waals surface area contributed by atoms with Gasteiger partial charge in [-0.05, 0) is 73.5 Å². The van der Waals surface area contributed by atoms with Crippen LogP contribution in [0.5, 0.6) is 0 Å². The summed E-state index contributed by atoms with van der Waals surface area (Å²) in [5, 5.41) is 0. The van der Waals surface area contributed by atoms with Crippen molar-refractivity contribution in [1.29, 1.82) is 0 Å². The number of fused-ring (bicyclic) bond motifs is 5. The molecule has 0 aromatic rings. The summed E-state index contributed by atoms with van der Waals surface area (Å²) in [6.45, 7) is 7.54. The maximum absolute atomic E-state index is 12.9. The maximum atomic E-state index is 12.9. The third kappa shape index (κ3) is 3.52. The summed E-state index contributed by atoms with van der Waals surface area (Å²) in [6.07, 6.45) is 10.7. The maximum Gasteiger partial charge on any atom is 0.303 e. The fraction of sp³-hybridized carbons (Fsp3) is 0.800. The first kappa shape index (κ1) is 21.6. The van der Waals surface area contributed by atoms with E-state index in [1.807, 2.05) is 0 Å². The van der Waals surface area contributed by atoms with Crippen molar-refractivity contribution in [1.82, 2.24) is 0 Å². The molecule has 3 fully saturated rings. The fourth-order valence-corrected chi connectivity index (χ4v) is 7.77. The highest BCUT2D eigenvalue weighted by atomic mass is 16.5. The SMILES string of the molecule is CC(=O)OCC(=O)C1CCC2C3CC=C4C[C@@H](OC(C)=O)CC[C@]4(C)C3CC[C@]12C. The van der Waals surface area contributed by atoms with Crippen LogP contribution in [0.4, 0.5) is 0 Å². The van der Waals surface area contributed by atoms with Crippen LogP contribution in [0.1, 0.15) is 79.1 Å². The van der Waals surface area contributed by atoms with Gasteiger partial charge in [0, 0.05) is 26.2 Å². The minimum absolute atomic E-state index is 0.0145. The van der Waals surface area contributed by atoms with E-state index in [1.54, 1.807) is 0 Å². The second-order valence-electron chi connectivity index (χ2n) is 10.7. The van der Waals surface area contributed by atoms with Crippen LogP contribution in [0.15, 0.2) is 11.6 Å². The Morgan fingerprint density at radius 2 is 1.77 bits per heavy atom. The highest BCUT2D eigenvalue weighted by molar-refractivity contribution is 5.85. The van der Waals surface area contributed by atoms with E-state index in [1.165, 1.54) is 19.4 Å². The molecule has 0 bridgehead atoms. The van der Waals surface area contributed by atoms with Crippen molar-refractivity contribution < 1.29 is 23.9 Å². The van der Waals surface area contributed by atoms with E-state index in [4.69, 9.17) is 9.47 Å². The topological polar surface area (TPSA) is 69.7 Å². The lowest BCUT2D eigenvalue weighted by molar-refractivity contribution is -0.150. The average molecular weight is 417 g/mol. The Hall–Kier alpha value is -1.65. The van der Waals surface area contributed by atoms with Crippen LogP contribution in [0.2, 0.25) is 0 Å². The molecule has 0 aromatic carbocycles. The van der Waals surface area contributed by atoms with Crippen LogP contribution in [0, 0.1) is 34.5 Å². The summed E-state index contributed by atoms with van der Waals surface area (Å²) >= 11 is 0. The van der Waals surface area contributed by atoms with Crippen molar-refractivity contribution >= 4 is 17.7 Å². The van der Waals surface area contributed by atoms with Gasteiger partial charge < -0.3 is 9.47 Å². The Morgan fingerprint density at radius 1 is 1.00 bits per heavy atom. The molecule has 5 heteroatoms. The molecular weight excluding hydrogens is 380 g/mol. The molecule has 4 aliphatic rings. The van der Waals surface area contributed by atoms with E-state index < -0.39 is 0 Å². The van der Waals surface area contributed by atoms with E-state index in [-0.39, 0.29) is 47.2 Å². The Kier molecular flexibility index (Phi) is 5.61. The summed E-state index contributed by atoms with van der Waals surface area (Å²) in [7, 11) is 0. The van der Waals surface area contributed by atoms with Gasteiger partial charge in [-0.2, -0.15) is 0 Å². The van der Waals surface area contributed by atoms with Crippen LogP contribution >= 0.6 is 0 Å². The lowest BCUT2D eigenvalue weighted by Crippen LogP contribution is -2.51. The van der Waals surface area contributed by atoms with Crippen molar-refractivity contribution in [3.05, 3.63) is 11.6 Å². The molecule has 4 aliphatic carbocycles. The predicted molar refractivity (Wildman–Crippen MR) is 112 cm³/mol. The molecule has 0 N–H and O–H groups in total. The van der Waals surface area contributed by atoms with Crippen LogP contribution in [0.3, 0.4) is 0 Å². The third-order valence-electron chi connectivity index (χ3n) is 9.20. The molecule has 0 spiro atoms. The van der Waals surface area contributed by atoms with Crippen LogP contribution in [-0.4, -0.2) is 30.4 Å². The number of Topliss-reactive ketones (excluding diaryl/α,β-unsaturated/α-hetero) is 1. The first-order valence-corrected chi connectivity index (χ1v) is 11.7. The Bertz CT molecular complexity index is 770. The van der Waals surface area contributed by atoms with Crippen molar-refractivity contribution in [2.24, 2.45) is 34.5 Å². The quantitative estimate of drug-likeness (QED) is 0.494. The van der Waals surface area contributed by atoms with Gasteiger partial charge in [0.25, 0.3) is 0 Å². The smallest absolute Gasteiger partial charge is 0.303 e. The minimum Gasteiger partial charge on any atom is -0.462 e. The Labute approximate surface area is 179 Å². The van der Waals surface area contributed by atoms with E-state index in [9.17, 15) is 14.4 Å². The zero-order valence-corrected chi connectivity index (χ0v) is 18.9. The van der Waals surface area contributed by atoms with Crippen molar-refractivity contribution in [2.75, 3.05) is 6.61 Å². The summed E-state index contributed by atoms with van der Waals surface area (Å²) in [4.78, 5) is 35.4. The average Bonchev–Trinajstić information content (AvgIpc) is 3.03. The number of ketones is 1. The molecule has 4 rings (SSSR count). The molecule has 3 saturated carbocycles. The summed E-state index contributed by atoms with van der Waals surface area (Å²) in [5.41, 5.74) is 1.71. The third-order valence-corrected chi connectivity index (χ3v) is 9.20. The number of allylic oxidation sites excluding steroid dienone is 1. The molecule has 0 radical (unpaired) electrons. The zero-order valence-electron chi connectivity index (χ0n) is 18.9. The Morgan fingerprint density at radius 3 is 2.47 bits per heavy atom. The first-order chi connectivity index (χ1) is 14.1. The molecule has 166 valence electrons. The fourth-order valence-electron chi connectivity index (χ4n) is 7.77. The first-order valence-electron chi connectivity index (χ1n) is 11.7. The lowest BCUT2D eigenvalue weighted by Gasteiger charge is -2.58. The van der Waals surface area contributed by atoms with Crippen LogP contribution in [-0.2, 0) is 23.9 Å². The van der Waals surface area contributed by atoms with Gasteiger partial charge in [-0.1, -0.05) is 25.5 Å². The zero-order chi connectivity index (χ0) is 21.7. The molecule has 0 saturated heterocycles. The molecule has 4 unspecified atom stereocenters. The van der Waals surface area contributed by atoms with Gasteiger partial charge in [-0.3, -0.25) is 14.4 Å². The molecule has 0 aliphatic heterocycles. The van der Waals surface area contributed by atoms with Gasteiger partial charge in [-0.15, -0.1) is 0 Å². The monoisotopic (exact) mass is 416 g/mol. The summed E-state index contributed by atoms with van der Waals surface area (Å²) in [6, 6.07) is 0. The molecule has 0 aromatic heterocycles. The number of hydrogen-bond donors (Lipinski definition) is 0. The van der Waals surface area contributed by atoms with E-state index in [0.29, 0.717) is 17.8 Å². The molecular formula is C25H36O5. The van der Waals surface area contributed by atoms with Gasteiger partial charge in [0.05, 0.1) is 0 Å². The van der Waals surface area contributed by atoms with E-state index >= 15 is 0 Å². The lowest BCUT2D eigenvalue weighted by atomic mass is 9.47. The molecule has 30 heavy (non-hydrogen) atoms. The van der Waals surface area contributed by atoms with Gasteiger partial charge in [-0.25, -0.2) is 0 Å². The number of carbonyl (C=O) groups is 3. The molecule has 0 heterocycles. The number of esters is 2. The highest BCUT2D eigenvalue weighted by Gasteiger charge is 2.59. The second kappa shape index (κ2) is 7.80. The number of hydrogen-bond acceptors (Lipinski definition) is 5. The van der Waals surface area contributed by atoms with Gasteiger partial charge >= 0.3 is 11.9 Å². The number of carbonyl (C=O) groups excluding carboxylic acids is 3. The molecule has 5 nitrogen and oxygen atoms in total. The van der Waals surface area contributed by atoms with Crippen LogP contribution < -0.4 is 0 Å². The normalized spacial score (nSPS) is 42.3. The van der Waals surface area contributed by atoms with E-state index in [2.05, 4.69) is 19.9 Å². The second-order valence-corrected chi connectivity index (χ2v) is 10.7. The number of rotatable bonds is 4.